The largest absolute Gasteiger partial charge is 0.378 e. The molecule has 17 heavy (non-hydrogen) atoms. The van der Waals surface area contributed by atoms with Gasteiger partial charge in [0.25, 0.3) is 0 Å². The first-order valence-corrected chi connectivity index (χ1v) is 5.40. The molecule has 0 saturated heterocycles. The van der Waals surface area contributed by atoms with Gasteiger partial charge in [-0.1, -0.05) is 35.5 Å². The van der Waals surface area contributed by atoms with Gasteiger partial charge in [-0.05, 0) is 22.9 Å². The molecule has 0 fully saturated rings. The summed E-state index contributed by atoms with van der Waals surface area (Å²) in [5, 5.41) is 9.45. The Balaban J connectivity index is 1.81. The zero-order valence-electron chi connectivity index (χ0n) is 9.13. The molecule has 3 rings (SSSR count). The number of rotatable bonds is 3. The van der Waals surface area contributed by atoms with Crippen molar-refractivity contribution in [2.24, 2.45) is 0 Å². The monoisotopic (exact) mass is 225 g/mol. The van der Waals surface area contributed by atoms with Crippen LogP contribution in [0.4, 0.5) is 5.69 Å². The van der Waals surface area contributed by atoms with E-state index in [0.717, 1.165) is 5.69 Å². The molecule has 1 heterocycles. The first-order valence-electron chi connectivity index (χ1n) is 5.40. The Hall–Kier alpha value is -2.36. The van der Waals surface area contributed by atoms with E-state index in [9.17, 15) is 0 Å². The summed E-state index contributed by atoms with van der Waals surface area (Å²) in [5.41, 5.74) is 1.05. The molecule has 0 spiro atoms. The fraction of sp³-hybridized carbons (Fsp3) is 0.0769. The Kier molecular flexibility index (Phi) is 2.46. The fourth-order valence-electron chi connectivity index (χ4n) is 1.75. The molecule has 84 valence electrons. The highest BCUT2D eigenvalue weighted by Gasteiger charge is 1.99. The van der Waals surface area contributed by atoms with E-state index in [1.807, 2.05) is 18.2 Å². The second kappa shape index (κ2) is 4.25. The highest BCUT2D eigenvalue weighted by Crippen LogP contribution is 2.18. The maximum atomic E-state index is 4.67. The van der Waals surface area contributed by atoms with E-state index in [0.29, 0.717) is 12.4 Å². The lowest BCUT2D eigenvalue weighted by molar-refractivity contribution is 0.411. The molecular formula is C13H11N3O. The van der Waals surface area contributed by atoms with E-state index >= 15 is 0 Å². The van der Waals surface area contributed by atoms with E-state index in [1.165, 1.54) is 17.2 Å². The molecule has 0 saturated carbocycles. The maximum Gasteiger partial charge on any atom is 0.213 e. The molecule has 1 aromatic heterocycles. The highest BCUT2D eigenvalue weighted by atomic mass is 16.5. The molecule has 1 N–H and O–H groups in total. The molecule has 0 aliphatic rings. The number of nitrogens with zero attached hydrogens (tertiary/aromatic N) is 2. The minimum absolute atomic E-state index is 0.564. The number of anilines is 1. The number of hydrogen-bond acceptors (Lipinski definition) is 4. The molecule has 0 aliphatic heterocycles. The summed E-state index contributed by atoms with van der Waals surface area (Å²) in [6.07, 6.45) is 1.33. The molecule has 0 bridgehead atoms. The number of hydrogen-bond donors (Lipinski definition) is 1. The van der Waals surface area contributed by atoms with Gasteiger partial charge < -0.3 is 9.84 Å². The first kappa shape index (κ1) is 9.84. The van der Waals surface area contributed by atoms with Crippen molar-refractivity contribution in [3.8, 4) is 0 Å². The quantitative estimate of drug-likeness (QED) is 0.744. The Morgan fingerprint density at radius 2 is 1.94 bits per heavy atom. The number of nitrogens with one attached hydrogen (secondary N) is 1. The van der Waals surface area contributed by atoms with Crippen molar-refractivity contribution in [3.63, 3.8) is 0 Å². The number of benzene rings is 2. The lowest BCUT2D eigenvalue weighted by Gasteiger charge is -2.05. The third kappa shape index (κ3) is 2.10. The zero-order chi connectivity index (χ0) is 11.5. The van der Waals surface area contributed by atoms with Crippen molar-refractivity contribution < 1.29 is 4.52 Å². The van der Waals surface area contributed by atoms with Crippen molar-refractivity contribution in [2.75, 3.05) is 5.32 Å². The molecular weight excluding hydrogens is 214 g/mol. The molecule has 0 atom stereocenters. The third-order valence-electron chi connectivity index (χ3n) is 2.61. The molecule has 4 nitrogen and oxygen atoms in total. The number of aromatic nitrogens is 2. The van der Waals surface area contributed by atoms with Crippen LogP contribution in [0.5, 0.6) is 0 Å². The Bertz CT molecular complexity index is 619. The van der Waals surface area contributed by atoms with Crippen LogP contribution >= 0.6 is 0 Å². The molecule has 4 heteroatoms. The van der Waals surface area contributed by atoms with Crippen LogP contribution in [0.1, 0.15) is 5.82 Å². The van der Waals surface area contributed by atoms with Crippen LogP contribution in [0.15, 0.2) is 53.4 Å². The van der Waals surface area contributed by atoms with Crippen LogP contribution in [0.2, 0.25) is 0 Å². The summed E-state index contributed by atoms with van der Waals surface area (Å²) in [6.45, 7) is 0.564. The van der Waals surface area contributed by atoms with Gasteiger partial charge in [0, 0.05) is 5.69 Å². The van der Waals surface area contributed by atoms with E-state index in [1.54, 1.807) is 0 Å². The SMILES string of the molecule is c1ccc2cc(NCc3ncon3)ccc2c1. The van der Waals surface area contributed by atoms with Gasteiger partial charge in [0.2, 0.25) is 6.39 Å². The summed E-state index contributed by atoms with van der Waals surface area (Å²) < 4.78 is 4.67. The summed E-state index contributed by atoms with van der Waals surface area (Å²) in [6, 6.07) is 14.5. The van der Waals surface area contributed by atoms with Gasteiger partial charge in [0.1, 0.15) is 0 Å². The number of fused-ring (bicyclic) bond motifs is 1. The summed E-state index contributed by atoms with van der Waals surface area (Å²) in [4.78, 5) is 3.95. The van der Waals surface area contributed by atoms with Crippen LogP contribution in [-0.2, 0) is 6.54 Å². The second-order valence-electron chi connectivity index (χ2n) is 3.76. The Morgan fingerprint density at radius 1 is 1.06 bits per heavy atom. The summed E-state index contributed by atoms with van der Waals surface area (Å²) in [7, 11) is 0. The molecule has 0 amide bonds. The van der Waals surface area contributed by atoms with E-state index < -0.39 is 0 Å². The topological polar surface area (TPSA) is 51.0 Å². The minimum Gasteiger partial charge on any atom is -0.378 e. The van der Waals surface area contributed by atoms with Gasteiger partial charge in [-0.2, -0.15) is 4.98 Å². The van der Waals surface area contributed by atoms with Crippen molar-refractivity contribution in [2.45, 2.75) is 6.54 Å². The van der Waals surface area contributed by atoms with Crippen molar-refractivity contribution in [3.05, 3.63) is 54.7 Å². The van der Waals surface area contributed by atoms with E-state index in [2.05, 4.69) is 44.2 Å². The lowest BCUT2D eigenvalue weighted by Crippen LogP contribution is -2.00. The second-order valence-corrected chi connectivity index (χ2v) is 3.76. The minimum atomic E-state index is 0.564. The molecule has 0 radical (unpaired) electrons. The van der Waals surface area contributed by atoms with Gasteiger partial charge in [-0.3, -0.25) is 0 Å². The van der Waals surface area contributed by atoms with Gasteiger partial charge in [0.15, 0.2) is 5.82 Å². The van der Waals surface area contributed by atoms with Crippen LogP contribution in [0.25, 0.3) is 10.8 Å². The van der Waals surface area contributed by atoms with Crippen molar-refractivity contribution in [1.82, 2.24) is 10.1 Å². The summed E-state index contributed by atoms with van der Waals surface area (Å²) >= 11 is 0. The van der Waals surface area contributed by atoms with Gasteiger partial charge >= 0.3 is 0 Å². The first-order chi connectivity index (χ1) is 8.42. The third-order valence-corrected chi connectivity index (χ3v) is 2.61. The van der Waals surface area contributed by atoms with Crippen LogP contribution in [0.3, 0.4) is 0 Å². The van der Waals surface area contributed by atoms with Gasteiger partial charge in [-0.15, -0.1) is 0 Å². The van der Waals surface area contributed by atoms with Crippen LogP contribution < -0.4 is 5.32 Å². The predicted molar refractivity (Wildman–Crippen MR) is 65.6 cm³/mol. The normalized spacial score (nSPS) is 10.6. The Morgan fingerprint density at radius 3 is 2.76 bits per heavy atom. The van der Waals surface area contributed by atoms with E-state index in [-0.39, 0.29) is 0 Å². The van der Waals surface area contributed by atoms with E-state index in [4.69, 9.17) is 0 Å². The average Bonchev–Trinajstić information content (AvgIpc) is 2.89. The zero-order valence-corrected chi connectivity index (χ0v) is 9.13. The standard InChI is InChI=1S/C13H11N3O/c1-2-4-11-7-12(6-5-10(11)3-1)14-8-13-15-9-17-16-13/h1-7,9,14H,8H2. The smallest absolute Gasteiger partial charge is 0.213 e. The fourth-order valence-corrected chi connectivity index (χ4v) is 1.75. The summed E-state index contributed by atoms with van der Waals surface area (Å²) in [5.74, 6) is 0.651. The lowest BCUT2D eigenvalue weighted by atomic mass is 10.1. The molecule has 3 aromatic rings. The van der Waals surface area contributed by atoms with Crippen LogP contribution in [-0.4, -0.2) is 10.1 Å². The molecule has 0 unspecified atom stereocenters. The molecule has 0 aliphatic carbocycles. The van der Waals surface area contributed by atoms with Gasteiger partial charge in [-0.25, -0.2) is 0 Å². The van der Waals surface area contributed by atoms with Crippen molar-refractivity contribution in [1.29, 1.82) is 0 Å². The Labute approximate surface area is 98.3 Å². The highest BCUT2D eigenvalue weighted by molar-refractivity contribution is 5.85. The van der Waals surface area contributed by atoms with Crippen LogP contribution in [0, 0.1) is 0 Å². The van der Waals surface area contributed by atoms with Gasteiger partial charge in [0.05, 0.1) is 6.54 Å². The molecule has 2 aromatic carbocycles. The average molecular weight is 225 g/mol. The van der Waals surface area contributed by atoms with Crippen molar-refractivity contribution >= 4 is 16.5 Å². The maximum absolute atomic E-state index is 4.67. The predicted octanol–water partition coefficient (Wildman–Crippen LogP) is 2.83.